The Morgan fingerprint density at radius 3 is 2.53 bits per heavy atom. The number of piperazine rings is 1. The van der Waals surface area contributed by atoms with Gasteiger partial charge in [-0.05, 0) is 55.6 Å². The van der Waals surface area contributed by atoms with Crippen molar-refractivity contribution in [3.8, 4) is 5.69 Å². The second kappa shape index (κ2) is 11.6. The van der Waals surface area contributed by atoms with Gasteiger partial charge in [0.25, 0.3) is 0 Å². The van der Waals surface area contributed by atoms with Gasteiger partial charge in [-0.25, -0.2) is 4.68 Å². The second-order valence-electron chi connectivity index (χ2n) is 9.50. The van der Waals surface area contributed by atoms with Crippen molar-refractivity contribution in [2.24, 2.45) is 0 Å². The third-order valence-corrected chi connectivity index (χ3v) is 7.28. The van der Waals surface area contributed by atoms with Gasteiger partial charge in [-0.3, -0.25) is 14.6 Å². The van der Waals surface area contributed by atoms with Crippen LogP contribution in [0.25, 0.3) is 16.6 Å². The lowest BCUT2D eigenvalue weighted by molar-refractivity contribution is -0.120. The Morgan fingerprint density at radius 1 is 1.00 bits per heavy atom. The van der Waals surface area contributed by atoms with E-state index in [0.717, 1.165) is 58.6 Å². The fraction of sp³-hybridized carbons (Fsp3) is 0.500. The largest absolute Gasteiger partial charge is 0.343 e. The van der Waals surface area contributed by atoms with Crippen molar-refractivity contribution in [1.29, 1.82) is 0 Å². The van der Waals surface area contributed by atoms with Crippen LogP contribution in [-0.4, -0.2) is 76.2 Å². The smallest absolute Gasteiger partial charge is 0.209 e. The molecule has 2 aliphatic heterocycles. The number of benzene rings is 2. The van der Waals surface area contributed by atoms with Crippen LogP contribution in [0.4, 0.5) is 0 Å². The summed E-state index contributed by atoms with van der Waals surface area (Å²) in [5.41, 5.74) is 5.27. The summed E-state index contributed by atoms with van der Waals surface area (Å²) in [5, 5.41) is 5.74. The first-order valence-electron chi connectivity index (χ1n) is 12.8. The van der Waals surface area contributed by atoms with Gasteiger partial charge in [0.05, 0.1) is 17.4 Å². The van der Waals surface area contributed by atoms with Crippen LogP contribution in [0.15, 0.2) is 48.7 Å². The molecule has 1 amide bonds. The van der Waals surface area contributed by atoms with Crippen molar-refractivity contribution in [1.82, 2.24) is 24.5 Å². The Kier molecular flexibility index (Phi) is 8.35. The predicted octanol–water partition coefficient (Wildman–Crippen LogP) is 4.35. The molecule has 1 aromatic heterocycles. The molecule has 182 valence electrons. The molecule has 6 nitrogen and oxygen atoms in total. The number of hydrogen-bond acceptors (Lipinski definition) is 4. The van der Waals surface area contributed by atoms with Crippen molar-refractivity contribution in [3.05, 3.63) is 59.8 Å². The maximum atomic E-state index is 10.5. The van der Waals surface area contributed by atoms with Crippen LogP contribution < -0.4 is 0 Å². The van der Waals surface area contributed by atoms with Crippen LogP contribution in [-0.2, 0) is 17.8 Å². The predicted molar refractivity (Wildman–Crippen MR) is 139 cm³/mol. The Balaban J connectivity index is 0.000000182. The Labute approximate surface area is 204 Å². The molecule has 0 bridgehead atoms. The molecule has 6 heteroatoms. The van der Waals surface area contributed by atoms with Crippen LogP contribution in [0.1, 0.15) is 44.7 Å². The molecular weight excluding hydrogens is 422 g/mol. The number of amides is 1. The van der Waals surface area contributed by atoms with Crippen LogP contribution in [0.2, 0.25) is 0 Å². The minimum Gasteiger partial charge on any atom is -0.343 e. The fourth-order valence-electron chi connectivity index (χ4n) is 5.06. The lowest BCUT2D eigenvalue weighted by Gasteiger charge is -2.36. The number of para-hydroxylation sites is 1. The number of nitrogens with zero attached hydrogens (tertiary/aromatic N) is 5. The highest BCUT2D eigenvalue weighted by Gasteiger charge is 2.19. The van der Waals surface area contributed by atoms with Crippen LogP contribution in [0, 0.1) is 0 Å². The monoisotopic (exact) mass is 461 g/mol. The van der Waals surface area contributed by atoms with Gasteiger partial charge in [0, 0.05) is 50.7 Å². The highest BCUT2D eigenvalue weighted by atomic mass is 16.1. The van der Waals surface area contributed by atoms with E-state index in [1.807, 2.05) is 15.8 Å². The minimum atomic E-state index is 0.679. The molecule has 1 unspecified atom stereocenters. The van der Waals surface area contributed by atoms with E-state index < -0.39 is 0 Å². The third-order valence-electron chi connectivity index (χ3n) is 7.28. The first-order chi connectivity index (χ1) is 16.6. The summed E-state index contributed by atoms with van der Waals surface area (Å²) in [4.78, 5) is 17.3. The molecule has 1 saturated heterocycles. The average molecular weight is 462 g/mol. The summed E-state index contributed by atoms with van der Waals surface area (Å²) in [5.74, 6) is 0. The van der Waals surface area contributed by atoms with Crippen molar-refractivity contribution in [2.75, 3.05) is 39.3 Å². The van der Waals surface area contributed by atoms with Crippen LogP contribution >= 0.6 is 0 Å². The van der Waals surface area contributed by atoms with Gasteiger partial charge in [-0.1, -0.05) is 44.5 Å². The zero-order valence-corrected chi connectivity index (χ0v) is 21.0. The van der Waals surface area contributed by atoms with E-state index in [2.05, 4.69) is 78.1 Å². The van der Waals surface area contributed by atoms with Gasteiger partial charge in [0.15, 0.2) is 0 Å². The molecule has 0 spiro atoms. The van der Waals surface area contributed by atoms with E-state index in [4.69, 9.17) is 0 Å². The first-order valence-corrected chi connectivity index (χ1v) is 12.8. The average Bonchev–Trinajstić information content (AvgIpc) is 3.33. The minimum absolute atomic E-state index is 0.679. The summed E-state index contributed by atoms with van der Waals surface area (Å²) in [6, 6.07) is 15.8. The van der Waals surface area contributed by atoms with Crippen molar-refractivity contribution >= 4 is 17.3 Å². The van der Waals surface area contributed by atoms with E-state index in [9.17, 15) is 4.79 Å². The molecule has 1 atom stereocenters. The fourth-order valence-corrected chi connectivity index (χ4v) is 5.06. The second-order valence-corrected chi connectivity index (χ2v) is 9.50. The number of likely N-dealkylation sites (N-methyl/N-ethyl adjacent to an activating group) is 1. The highest BCUT2D eigenvalue weighted by Crippen LogP contribution is 2.24. The Morgan fingerprint density at radius 2 is 1.79 bits per heavy atom. The Hall–Kier alpha value is -2.70. The summed E-state index contributed by atoms with van der Waals surface area (Å²) < 4.78 is 2.04. The number of carbonyl (C=O) groups excluding carboxylic acids is 1. The normalized spacial score (nSPS) is 17.7. The summed E-state index contributed by atoms with van der Waals surface area (Å²) in [7, 11) is 0. The van der Waals surface area contributed by atoms with E-state index in [-0.39, 0.29) is 0 Å². The SMILES string of the molecule is CCCC(C)N1CCN(C=O)CC1.CCN1CCc2cc(-n3ncc4ccccc43)ccc2C1. The van der Waals surface area contributed by atoms with Crippen molar-refractivity contribution < 1.29 is 4.79 Å². The maximum Gasteiger partial charge on any atom is 0.209 e. The number of hydrogen-bond donors (Lipinski definition) is 0. The molecule has 0 N–H and O–H groups in total. The summed E-state index contributed by atoms with van der Waals surface area (Å²) in [6.07, 6.45) is 6.54. The summed E-state index contributed by atoms with van der Waals surface area (Å²) in [6.45, 7) is 14.0. The zero-order chi connectivity index (χ0) is 23.9. The maximum absolute atomic E-state index is 10.5. The molecule has 0 radical (unpaired) electrons. The molecule has 0 aliphatic carbocycles. The van der Waals surface area contributed by atoms with E-state index >= 15 is 0 Å². The van der Waals surface area contributed by atoms with E-state index in [0.29, 0.717) is 6.04 Å². The number of aromatic nitrogens is 2. The van der Waals surface area contributed by atoms with Gasteiger partial charge in [0.2, 0.25) is 6.41 Å². The number of fused-ring (bicyclic) bond motifs is 2. The standard InChI is InChI=1S/C18H19N3.C10H20N2O/c1-2-20-10-9-14-11-17(8-7-16(14)13-20)21-18-6-4-3-5-15(18)12-19-21;1-3-4-10(2)12-7-5-11(9-13)6-8-12/h3-8,11-12H,2,9-10,13H2,1H3;9-10H,3-8H2,1-2H3. The number of rotatable bonds is 6. The topological polar surface area (TPSA) is 44.6 Å². The lowest BCUT2D eigenvalue weighted by Crippen LogP contribution is -2.48. The molecular formula is C28H39N5O. The molecule has 2 aliphatic rings. The van der Waals surface area contributed by atoms with Crippen molar-refractivity contribution in [2.45, 2.75) is 52.6 Å². The number of carbonyl (C=O) groups is 1. The van der Waals surface area contributed by atoms with Gasteiger partial charge in [-0.2, -0.15) is 5.10 Å². The van der Waals surface area contributed by atoms with Gasteiger partial charge in [0.1, 0.15) is 0 Å². The summed E-state index contributed by atoms with van der Waals surface area (Å²) >= 11 is 0. The van der Waals surface area contributed by atoms with Gasteiger partial charge < -0.3 is 4.90 Å². The zero-order valence-electron chi connectivity index (χ0n) is 21.0. The molecule has 2 aromatic carbocycles. The van der Waals surface area contributed by atoms with Crippen molar-refractivity contribution in [3.63, 3.8) is 0 Å². The molecule has 5 rings (SSSR count). The molecule has 1 fully saturated rings. The quantitative estimate of drug-likeness (QED) is 0.512. The van der Waals surface area contributed by atoms with Crippen LogP contribution in [0.3, 0.4) is 0 Å². The van der Waals surface area contributed by atoms with Gasteiger partial charge >= 0.3 is 0 Å². The first kappa shape index (κ1) is 24.4. The van der Waals surface area contributed by atoms with Gasteiger partial charge in [-0.15, -0.1) is 0 Å². The van der Waals surface area contributed by atoms with E-state index in [1.54, 1.807) is 0 Å². The highest BCUT2D eigenvalue weighted by molar-refractivity contribution is 5.80. The molecule has 3 heterocycles. The van der Waals surface area contributed by atoms with E-state index in [1.165, 1.54) is 40.6 Å². The third kappa shape index (κ3) is 5.68. The molecule has 0 saturated carbocycles. The Bertz CT molecular complexity index is 1070. The molecule has 3 aromatic rings. The van der Waals surface area contributed by atoms with Crippen LogP contribution in [0.5, 0.6) is 0 Å². The lowest BCUT2D eigenvalue weighted by atomic mass is 9.99. The molecule has 34 heavy (non-hydrogen) atoms.